The Hall–Kier alpha value is -2.31. The molecule has 1 saturated heterocycles. The van der Waals surface area contributed by atoms with Gasteiger partial charge in [0.1, 0.15) is 5.25 Å². The van der Waals surface area contributed by atoms with Crippen molar-refractivity contribution in [1.82, 2.24) is 14.8 Å². The first-order chi connectivity index (χ1) is 12.7. The Morgan fingerprint density at radius 1 is 1.12 bits per heavy atom. The normalized spacial score (nSPS) is 16.7. The zero-order valence-electron chi connectivity index (χ0n) is 13.8. The Balaban J connectivity index is 1.71. The summed E-state index contributed by atoms with van der Waals surface area (Å²) in [4.78, 5) is 11.8. The van der Waals surface area contributed by atoms with Crippen LogP contribution in [0.15, 0.2) is 59.8 Å². The highest BCUT2D eigenvalue weighted by Gasteiger charge is 2.30. The SMILES string of the molecule is O=C1OCC[C@@H]1Sc1nnc(-c2ccc(Cl)cc2)n1Cc1ccccc1. The van der Waals surface area contributed by atoms with Gasteiger partial charge in [-0.1, -0.05) is 53.7 Å². The fourth-order valence-electron chi connectivity index (χ4n) is 2.81. The van der Waals surface area contributed by atoms with Crippen molar-refractivity contribution in [3.05, 3.63) is 65.2 Å². The predicted molar refractivity (Wildman–Crippen MR) is 101 cm³/mol. The van der Waals surface area contributed by atoms with E-state index in [9.17, 15) is 4.79 Å². The molecule has 132 valence electrons. The Kier molecular flexibility index (Phi) is 4.95. The van der Waals surface area contributed by atoms with Crippen LogP contribution in [0.3, 0.4) is 0 Å². The van der Waals surface area contributed by atoms with E-state index in [1.165, 1.54) is 11.8 Å². The number of nitrogens with zero attached hydrogens (tertiary/aromatic N) is 3. The number of hydrogen-bond donors (Lipinski definition) is 0. The van der Waals surface area contributed by atoms with E-state index in [4.69, 9.17) is 16.3 Å². The molecule has 1 atom stereocenters. The van der Waals surface area contributed by atoms with E-state index >= 15 is 0 Å². The molecular weight excluding hydrogens is 370 g/mol. The summed E-state index contributed by atoms with van der Waals surface area (Å²) in [5, 5.41) is 9.87. The number of hydrogen-bond acceptors (Lipinski definition) is 5. The second-order valence-electron chi connectivity index (χ2n) is 5.95. The molecule has 0 bridgehead atoms. The molecule has 2 heterocycles. The summed E-state index contributed by atoms with van der Waals surface area (Å²) in [7, 11) is 0. The van der Waals surface area contributed by atoms with Crippen LogP contribution in [0.4, 0.5) is 0 Å². The summed E-state index contributed by atoms with van der Waals surface area (Å²) in [6, 6.07) is 17.6. The summed E-state index contributed by atoms with van der Waals surface area (Å²) in [6.07, 6.45) is 0.692. The number of carbonyl (C=O) groups is 1. The molecule has 1 fully saturated rings. The van der Waals surface area contributed by atoms with Crippen molar-refractivity contribution < 1.29 is 9.53 Å². The zero-order chi connectivity index (χ0) is 17.9. The first-order valence-corrected chi connectivity index (χ1v) is 9.53. The molecule has 0 amide bonds. The quantitative estimate of drug-likeness (QED) is 0.620. The molecule has 5 nitrogen and oxygen atoms in total. The summed E-state index contributed by atoms with van der Waals surface area (Å²) in [5.74, 6) is 0.566. The van der Waals surface area contributed by atoms with E-state index in [-0.39, 0.29) is 11.2 Å². The van der Waals surface area contributed by atoms with E-state index in [2.05, 4.69) is 22.3 Å². The Morgan fingerprint density at radius 2 is 1.88 bits per heavy atom. The number of carbonyl (C=O) groups excluding carboxylic acids is 1. The van der Waals surface area contributed by atoms with Gasteiger partial charge in [0.2, 0.25) is 0 Å². The van der Waals surface area contributed by atoms with Gasteiger partial charge in [-0.2, -0.15) is 0 Å². The average Bonchev–Trinajstić information content (AvgIpc) is 3.24. The summed E-state index contributed by atoms with van der Waals surface area (Å²) in [5.41, 5.74) is 2.07. The maximum Gasteiger partial charge on any atom is 0.319 e. The van der Waals surface area contributed by atoms with E-state index in [1.54, 1.807) is 0 Å². The molecule has 2 aromatic carbocycles. The standard InChI is InChI=1S/C19H16ClN3O2S/c20-15-8-6-14(7-9-15)17-21-22-19(26-16-10-11-25-18(16)24)23(17)12-13-4-2-1-3-5-13/h1-9,16H,10-12H2/t16-/m0/s1. The molecule has 0 saturated carbocycles. The zero-order valence-corrected chi connectivity index (χ0v) is 15.4. The topological polar surface area (TPSA) is 57.0 Å². The second-order valence-corrected chi connectivity index (χ2v) is 7.55. The van der Waals surface area contributed by atoms with Crippen molar-refractivity contribution in [1.29, 1.82) is 0 Å². The maximum atomic E-state index is 11.8. The van der Waals surface area contributed by atoms with E-state index in [0.717, 1.165) is 17.0 Å². The van der Waals surface area contributed by atoms with Crippen LogP contribution in [0.5, 0.6) is 0 Å². The van der Waals surface area contributed by atoms with Gasteiger partial charge in [-0.25, -0.2) is 0 Å². The van der Waals surface area contributed by atoms with Crippen molar-refractivity contribution in [2.45, 2.75) is 23.4 Å². The van der Waals surface area contributed by atoms with Crippen molar-refractivity contribution in [3.8, 4) is 11.4 Å². The minimum atomic E-state index is -0.230. The molecule has 4 rings (SSSR count). The monoisotopic (exact) mass is 385 g/mol. The number of esters is 1. The lowest BCUT2D eigenvalue weighted by Gasteiger charge is -2.12. The minimum Gasteiger partial charge on any atom is -0.465 e. The van der Waals surface area contributed by atoms with Gasteiger partial charge < -0.3 is 4.74 Å². The number of benzene rings is 2. The highest BCUT2D eigenvalue weighted by atomic mass is 35.5. The molecular formula is C19H16ClN3O2S. The molecule has 0 radical (unpaired) electrons. The van der Waals surface area contributed by atoms with Gasteiger partial charge in [0.15, 0.2) is 11.0 Å². The minimum absolute atomic E-state index is 0.183. The van der Waals surface area contributed by atoms with Crippen molar-refractivity contribution in [3.63, 3.8) is 0 Å². The van der Waals surface area contributed by atoms with Crippen LogP contribution in [0.1, 0.15) is 12.0 Å². The van der Waals surface area contributed by atoms with Gasteiger partial charge in [0.25, 0.3) is 0 Å². The molecule has 1 aromatic heterocycles. The average molecular weight is 386 g/mol. The molecule has 7 heteroatoms. The van der Waals surface area contributed by atoms with Crippen LogP contribution in [0.2, 0.25) is 5.02 Å². The van der Waals surface area contributed by atoms with Crippen molar-refractivity contribution in [2.75, 3.05) is 6.61 Å². The fourth-order valence-corrected chi connectivity index (χ4v) is 3.93. The largest absolute Gasteiger partial charge is 0.465 e. The fraction of sp³-hybridized carbons (Fsp3) is 0.211. The van der Waals surface area contributed by atoms with Crippen LogP contribution in [0.25, 0.3) is 11.4 Å². The van der Waals surface area contributed by atoms with Gasteiger partial charge in [-0.05, 0) is 29.8 Å². The molecule has 0 aliphatic carbocycles. The Morgan fingerprint density at radius 3 is 2.58 bits per heavy atom. The van der Waals surface area contributed by atoms with Crippen LogP contribution in [0, 0.1) is 0 Å². The first kappa shape index (κ1) is 17.1. The lowest BCUT2D eigenvalue weighted by atomic mass is 10.2. The Labute approximate surface area is 160 Å². The van der Waals surface area contributed by atoms with Crippen LogP contribution in [-0.4, -0.2) is 32.6 Å². The highest BCUT2D eigenvalue weighted by Crippen LogP contribution is 2.31. The number of rotatable bonds is 5. The molecule has 0 N–H and O–H groups in total. The van der Waals surface area contributed by atoms with Gasteiger partial charge >= 0.3 is 5.97 Å². The van der Waals surface area contributed by atoms with Crippen molar-refractivity contribution >= 4 is 29.3 Å². The second kappa shape index (κ2) is 7.51. The van der Waals surface area contributed by atoms with E-state index in [0.29, 0.717) is 29.8 Å². The Bertz CT molecular complexity index is 912. The molecule has 0 spiro atoms. The van der Waals surface area contributed by atoms with Gasteiger partial charge in [0, 0.05) is 17.0 Å². The van der Waals surface area contributed by atoms with Crippen LogP contribution < -0.4 is 0 Å². The third-order valence-corrected chi connectivity index (χ3v) is 5.62. The molecule has 1 aliphatic rings. The molecule has 1 aliphatic heterocycles. The summed E-state index contributed by atoms with van der Waals surface area (Å²) >= 11 is 7.42. The lowest BCUT2D eigenvalue weighted by molar-refractivity contribution is -0.137. The maximum absolute atomic E-state index is 11.8. The van der Waals surface area contributed by atoms with Gasteiger partial charge in [-0.15, -0.1) is 10.2 Å². The molecule has 0 unspecified atom stereocenters. The smallest absolute Gasteiger partial charge is 0.319 e. The van der Waals surface area contributed by atoms with Crippen LogP contribution in [-0.2, 0) is 16.1 Å². The van der Waals surface area contributed by atoms with Crippen molar-refractivity contribution in [2.24, 2.45) is 0 Å². The number of ether oxygens (including phenoxy) is 1. The predicted octanol–water partition coefficient (Wildman–Crippen LogP) is 4.05. The number of halogens is 1. The number of cyclic esters (lactones) is 1. The summed E-state index contributed by atoms with van der Waals surface area (Å²) < 4.78 is 7.11. The van der Waals surface area contributed by atoms with Gasteiger partial charge in [0.05, 0.1) is 13.2 Å². The summed E-state index contributed by atoms with van der Waals surface area (Å²) in [6.45, 7) is 1.09. The highest BCUT2D eigenvalue weighted by molar-refractivity contribution is 8.00. The number of aromatic nitrogens is 3. The molecule has 3 aromatic rings. The lowest BCUT2D eigenvalue weighted by Crippen LogP contribution is -2.12. The first-order valence-electron chi connectivity index (χ1n) is 8.27. The van der Waals surface area contributed by atoms with Crippen LogP contribution >= 0.6 is 23.4 Å². The van der Waals surface area contributed by atoms with Gasteiger partial charge in [-0.3, -0.25) is 9.36 Å². The van der Waals surface area contributed by atoms with E-state index in [1.807, 2.05) is 47.0 Å². The number of thioether (sulfide) groups is 1. The molecule has 26 heavy (non-hydrogen) atoms. The third-order valence-electron chi connectivity index (χ3n) is 4.14. The third kappa shape index (κ3) is 3.61. The van der Waals surface area contributed by atoms with E-state index < -0.39 is 0 Å².